The van der Waals surface area contributed by atoms with Gasteiger partial charge in [0.2, 0.25) is 0 Å². The number of carbonyl (C=O) groups is 2. The van der Waals surface area contributed by atoms with Gasteiger partial charge in [-0.3, -0.25) is 20.0 Å². The van der Waals surface area contributed by atoms with Crippen molar-refractivity contribution in [2.24, 2.45) is 5.92 Å². The third-order valence-electron chi connectivity index (χ3n) is 7.49. The van der Waals surface area contributed by atoms with Crippen molar-refractivity contribution < 1.29 is 19.1 Å². The second-order valence-electron chi connectivity index (χ2n) is 10.3. The number of amides is 2. The van der Waals surface area contributed by atoms with Crippen molar-refractivity contribution in [2.75, 3.05) is 19.1 Å². The van der Waals surface area contributed by atoms with Crippen LogP contribution in [-0.4, -0.2) is 36.5 Å². The van der Waals surface area contributed by atoms with Gasteiger partial charge in [0.15, 0.2) is 0 Å². The van der Waals surface area contributed by atoms with E-state index in [-0.39, 0.29) is 11.8 Å². The molecule has 0 bridgehead atoms. The van der Waals surface area contributed by atoms with Crippen LogP contribution in [0.5, 0.6) is 11.5 Å². The lowest BCUT2D eigenvalue weighted by atomic mass is 9.85. The van der Waals surface area contributed by atoms with Gasteiger partial charge in [-0.15, -0.1) is 0 Å². The average Bonchev–Trinajstić information content (AvgIpc) is 3.02. The lowest BCUT2D eigenvalue weighted by Crippen LogP contribution is -2.50. The van der Waals surface area contributed by atoms with E-state index in [1.165, 1.54) is 32.1 Å². The second-order valence-corrected chi connectivity index (χ2v) is 10.3. The molecule has 7 nitrogen and oxygen atoms in total. The summed E-state index contributed by atoms with van der Waals surface area (Å²) >= 11 is 0. The van der Waals surface area contributed by atoms with Gasteiger partial charge in [-0.25, -0.2) is 0 Å². The number of hydrogen-bond donors (Lipinski definition) is 2. The molecule has 0 spiro atoms. The van der Waals surface area contributed by atoms with Gasteiger partial charge in [0, 0.05) is 12.1 Å². The maximum atomic E-state index is 13.7. The van der Waals surface area contributed by atoms with E-state index in [1.807, 2.05) is 61.5 Å². The monoisotopic (exact) mass is 543 g/mol. The molecule has 0 radical (unpaired) electrons. The van der Waals surface area contributed by atoms with Crippen LogP contribution >= 0.6 is 0 Å². The van der Waals surface area contributed by atoms with E-state index in [1.54, 1.807) is 36.4 Å². The van der Waals surface area contributed by atoms with Crippen LogP contribution in [0.15, 0.2) is 78.9 Å². The van der Waals surface area contributed by atoms with Crippen molar-refractivity contribution in [3.8, 4) is 11.5 Å². The Morgan fingerprint density at radius 1 is 0.900 bits per heavy atom. The third-order valence-corrected chi connectivity index (χ3v) is 7.49. The van der Waals surface area contributed by atoms with Crippen LogP contribution in [0.25, 0.3) is 0 Å². The number of nitrogens with one attached hydrogen (secondary N) is 2. The minimum atomic E-state index is -0.630. The first kappa shape index (κ1) is 29.0. The first-order chi connectivity index (χ1) is 19.6. The minimum Gasteiger partial charge on any atom is -0.497 e. The van der Waals surface area contributed by atoms with Crippen LogP contribution in [0.2, 0.25) is 0 Å². The lowest BCUT2D eigenvalue weighted by Gasteiger charge is -2.29. The zero-order valence-electron chi connectivity index (χ0n) is 23.6. The second kappa shape index (κ2) is 15.0. The summed E-state index contributed by atoms with van der Waals surface area (Å²) in [4.78, 5) is 27.0. The number of likely N-dealkylation sites (N-methyl/N-ethyl adjacent to an activating group) is 1. The predicted molar refractivity (Wildman–Crippen MR) is 158 cm³/mol. The Hall–Kier alpha value is -4.00. The highest BCUT2D eigenvalue weighted by atomic mass is 16.5. The molecule has 0 heterocycles. The molecule has 3 aromatic carbocycles. The van der Waals surface area contributed by atoms with Gasteiger partial charge in [-0.05, 0) is 79.8 Å². The Balaban J connectivity index is 1.41. The van der Waals surface area contributed by atoms with Crippen LogP contribution in [0, 0.1) is 5.92 Å². The standard InChI is InChI=1S/C33H41N3O4/c1-3-36(35-28-17-21-29(39-2)22-18-28)33(38)31(23-14-25-10-6-4-7-11-25)34-32(37)27-15-19-30(20-16-27)40-24-26-12-8-5-9-13-26/h5,8-9,12-13,15-22,25,31,35H,3-4,6-7,10-11,14,23-24H2,1-2H3,(H,34,37). The molecule has 40 heavy (non-hydrogen) atoms. The highest BCUT2D eigenvalue weighted by Crippen LogP contribution is 2.28. The first-order valence-corrected chi connectivity index (χ1v) is 14.4. The van der Waals surface area contributed by atoms with Gasteiger partial charge in [0.05, 0.1) is 12.8 Å². The Morgan fingerprint density at radius 3 is 2.23 bits per heavy atom. The highest BCUT2D eigenvalue weighted by molar-refractivity contribution is 5.97. The van der Waals surface area contributed by atoms with E-state index >= 15 is 0 Å². The summed E-state index contributed by atoms with van der Waals surface area (Å²) in [5.74, 6) is 1.62. The number of carbonyl (C=O) groups excluding carboxylic acids is 2. The van der Waals surface area contributed by atoms with E-state index in [2.05, 4.69) is 10.7 Å². The largest absolute Gasteiger partial charge is 0.497 e. The summed E-state index contributed by atoms with van der Waals surface area (Å²) in [6.07, 6.45) is 7.69. The topological polar surface area (TPSA) is 79.9 Å². The van der Waals surface area contributed by atoms with E-state index in [0.29, 0.717) is 36.8 Å². The van der Waals surface area contributed by atoms with E-state index in [4.69, 9.17) is 9.47 Å². The molecule has 1 aliphatic carbocycles. The average molecular weight is 544 g/mol. The maximum Gasteiger partial charge on any atom is 0.263 e. The molecule has 0 aromatic heterocycles. The SMILES string of the molecule is CCN(Nc1ccc(OC)cc1)C(=O)C(CCC1CCCCC1)NC(=O)c1ccc(OCc2ccccc2)cc1. The summed E-state index contributed by atoms with van der Waals surface area (Å²) in [6, 6.07) is 23.8. The fraction of sp³-hybridized carbons (Fsp3) is 0.394. The Kier molecular flexibility index (Phi) is 10.8. The number of benzene rings is 3. The normalized spacial score (nSPS) is 14.2. The van der Waals surface area contributed by atoms with Crippen molar-refractivity contribution in [3.05, 3.63) is 90.0 Å². The molecule has 1 unspecified atom stereocenters. The highest BCUT2D eigenvalue weighted by Gasteiger charge is 2.27. The number of anilines is 1. The van der Waals surface area contributed by atoms with Crippen LogP contribution in [0.3, 0.4) is 0 Å². The van der Waals surface area contributed by atoms with Crippen LogP contribution in [0.4, 0.5) is 5.69 Å². The third kappa shape index (κ3) is 8.50. The van der Waals surface area contributed by atoms with Crippen molar-refractivity contribution in [2.45, 2.75) is 64.5 Å². The fourth-order valence-electron chi connectivity index (χ4n) is 5.12. The number of hydrazine groups is 1. The molecule has 2 amide bonds. The van der Waals surface area contributed by atoms with Crippen LogP contribution in [0.1, 0.15) is 67.8 Å². The molecular weight excluding hydrogens is 502 g/mol. The molecular formula is C33H41N3O4. The molecule has 212 valence electrons. The Labute approximate surface area is 237 Å². The van der Waals surface area contributed by atoms with Crippen LogP contribution < -0.4 is 20.2 Å². The Bertz CT molecular complexity index is 1190. The van der Waals surface area contributed by atoms with Crippen molar-refractivity contribution in [3.63, 3.8) is 0 Å². The summed E-state index contributed by atoms with van der Waals surface area (Å²) in [5, 5.41) is 4.62. The number of rotatable bonds is 13. The summed E-state index contributed by atoms with van der Waals surface area (Å²) in [7, 11) is 1.62. The fourth-order valence-corrected chi connectivity index (χ4v) is 5.12. The van der Waals surface area contributed by atoms with Crippen molar-refractivity contribution >= 4 is 17.5 Å². The predicted octanol–water partition coefficient (Wildman–Crippen LogP) is 6.61. The van der Waals surface area contributed by atoms with Crippen LogP contribution in [-0.2, 0) is 11.4 Å². The van der Waals surface area contributed by atoms with E-state index in [0.717, 1.165) is 23.4 Å². The molecule has 1 aliphatic rings. The molecule has 4 rings (SSSR count). The number of hydrogen-bond acceptors (Lipinski definition) is 5. The number of nitrogens with zero attached hydrogens (tertiary/aromatic N) is 1. The molecule has 3 aromatic rings. The zero-order valence-corrected chi connectivity index (χ0v) is 23.6. The van der Waals surface area contributed by atoms with Crippen molar-refractivity contribution in [1.29, 1.82) is 0 Å². The van der Waals surface area contributed by atoms with Gasteiger partial charge >= 0.3 is 0 Å². The van der Waals surface area contributed by atoms with Gasteiger partial charge in [-0.2, -0.15) is 0 Å². The smallest absolute Gasteiger partial charge is 0.263 e. The number of methoxy groups -OCH3 is 1. The van der Waals surface area contributed by atoms with Crippen molar-refractivity contribution in [1.82, 2.24) is 10.3 Å². The van der Waals surface area contributed by atoms with Gasteiger partial charge in [-0.1, -0.05) is 62.4 Å². The summed E-state index contributed by atoms with van der Waals surface area (Å²) in [6.45, 7) is 2.83. The van der Waals surface area contributed by atoms with E-state index in [9.17, 15) is 9.59 Å². The molecule has 1 saturated carbocycles. The zero-order chi connectivity index (χ0) is 28.2. The van der Waals surface area contributed by atoms with Gasteiger partial charge in [0.25, 0.3) is 11.8 Å². The van der Waals surface area contributed by atoms with E-state index < -0.39 is 6.04 Å². The Morgan fingerprint density at radius 2 is 1.57 bits per heavy atom. The summed E-state index contributed by atoms with van der Waals surface area (Å²) < 4.78 is 11.1. The lowest BCUT2D eigenvalue weighted by molar-refractivity contribution is -0.132. The molecule has 0 saturated heterocycles. The minimum absolute atomic E-state index is 0.148. The van der Waals surface area contributed by atoms with Gasteiger partial charge in [0.1, 0.15) is 24.1 Å². The number of ether oxygens (including phenoxy) is 2. The molecule has 0 aliphatic heterocycles. The molecule has 1 atom stereocenters. The quantitative estimate of drug-likeness (QED) is 0.237. The first-order valence-electron chi connectivity index (χ1n) is 14.4. The molecule has 1 fully saturated rings. The summed E-state index contributed by atoms with van der Waals surface area (Å²) in [5.41, 5.74) is 5.55. The maximum absolute atomic E-state index is 13.7. The molecule has 2 N–H and O–H groups in total. The molecule has 7 heteroatoms. The van der Waals surface area contributed by atoms with Gasteiger partial charge < -0.3 is 14.8 Å².